The molecule has 4 rings (SSSR count). The second-order valence-corrected chi connectivity index (χ2v) is 9.85. The lowest BCUT2D eigenvalue weighted by Gasteiger charge is -2.57. The molecule has 0 aromatic heterocycles. The lowest BCUT2D eigenvalue weighted by atomic mass is 9.48. The molecule has 0 N–H and O–H groups in total. The van der Waals surface area contributed by atoms with Crippen LogP contribution < -0.4 is 0 Å². The van der Waals surface area contributed by atoms with Crippen molar-refractivity contribution in [2.24, 2.45) is 33.7 Å². The van der Waals surface area contributed by atoms with Crippen LogP contribution in [0.25, 0.3) is 0 Å². The van der Waals surface area contributed by atoms with Gasteiger partial charge in [0.1, 0.15) is 6.10 Å². The molecule has 4 aliphatic carbocycles. The average Bonchev–Trinajstić information content (AvgIpc) is 2.96. The minimum atomic E-state index is -0.337. The summed E-state index contributed by atoms with van der Waals surface area (Å²) in [7, 11) is 0. The van der Waals surface area contributed by atoms with Crippen LogP contribution in [-0.4, -0.2) is 23.8 Å². The van der Waals surface area contributed by atoms with Crippen LogP contribution in [0.2, 0.25) is 0 Å². The highest BCUT2D eigenvalue weighted by molar-refractivity contribution is 5.92. The first-order chi connectivity index (χ1) is 13.2. The molecular formula is C23H33NO4. The zero-order chi connectivity index (χ0) is 20.1. The number of nitrogens with zero attached hydrogens (tertiary/aromatic N) is 1. The van der Waals surface area contributed by atoms with Gasteiger partial charge in [-0.2, -0.15) is 0 Å². The molecule has 4 aliphatic rings. The Kier molecular flexibility index (Phi) is 4.91. The van der Waals surface area contributed by atoms with Gasteiger partial charge < -0.3 is 9.57 Å². The van der Waals surface area contributed by atoms with E-state index in [1.165, 1.54) is 25.8 Å². The minimum absolute atomic E-state index is 0.0520. The number of hydrogen-bond donors (Lipinski definition) is 0. The number of carbonyl (C=O) groups is 2. The standard InChI is InChI=1S/C23H33NO4/c1-14(25)27-17-9-11-22(3)16(13-17)5-6-18-19-7-8-21(24-28-15(2)26)23(19,4)12-10-20(18)22/h5,17-20H,6-13H2,1-4H3/b24-21-. The molecule has 0 aliphatic heterocycles. The molecule has 0 aromatic rings. The predicted octanol–water partition coefficient (Wildman–Crippen LogP) is 4.80. The van der Waals surface area contributed by atoms with E-state index in [0.717, 1.165) is 50.7 Å². The van der Waals surface area contributed by atoms with Gasteiger partial charge in [0.15, 0.2) is 0 Å². The number of esters is 1. The summed E-state index contributed by atoms with van der Waals surface area (Å²) in [5.74, 6) is 1.47. The molecule has 5 heteroatoms. The summed E-state index contributed by atoms with van der Waals surface area (Å²) < 4.78 is 5.53. The predicted molar refractivity (Wildman–Crippen MR) is 106 cm³/mol. The van der Waals surface area contributed by atoms with Crippen LogP contribution in [0.1, 0.15) is 79.1 Å². The summed E-state index contributed by atoms with van der Waals surface area (Å²) in [5.41, 5.74) is 2.90. The van der Waals surface area contributed by atoms with Gasteiger partial charge >= 0.3 is 11.9 Å². The van der Waals surface area contributed by atoms with Gasteiger partial charge in [-0.25, -0.2) is 4.79 Å². The van der Waals surface area contributed by atoms with Crippen molar-refractivity contribution in [2.75, 3.05) is 0 Å². The highest BCUT2D eigenvalue weighted by atomic mass is 16.7. The summed E-state index contributed by atoms with van der Waals surface area (Å²) in [6.07, 6.45) is 11.0. The molecule has 3 saturated carbocycles. The maximum absolute atomic E-state index is 11.4. The van der Waals surface area contributed by atoms with Crippen LogP contribution in [0.3, 0.4) is 0 Å². The summed E-state index contributed by atoms with van der Waals surface area (Å²) in [6.45, 7) is 7.71. The molecule has 6 atom stereocenters. The number of fused-ring (bicyclic) bond motifs is 5. The third kappa shape index (κ3) is 3.11. The van der Waals surface area contributed by atoms with Crippen LogP contribution in [0.5, 0.6) is 0 Å². The lowest BCUT2D eigenvalue weighted by Crippen LogP contribution is -2.50. The monoisotopic (exact) mass is 387 g/mol. The SMILES string of the molecule is CC(=O)O/N=C1/CCC2C3CC=C4CC(OC(C)=O)CCC4(C)C3CCC12C. The smallest absolute Gasteiger partial charge is 0.331 e. The van der Waals surface area contributed by atoms with Crippen molar-refractivity contribution in [1.82, 2.24) is 0 Å². The summed E-state index contributed by atoms with van der Waals surface area (Å²) in [4.78, 5) is 27.6. The molecule has 28 heavy (non-hydrogen) atoms. The third-order valence-electron chi connectivity index (χ3n) is 8.42. The van der Waals surface area contributed by atoms with Crippen molar-refractivity contribution in [3.63, 3.8) is 0 Å². The molecule has 0 spiro atoms. The van der Waals surface area contributed by atoms with Crippen LogP contribution in [0, 0.1) is 28.6 Å². The van der Waals surface area contributed by atoms with Crippen LogP contribution in [0.4, 0.5) is 0 Å². The number of allylic oxidation sites excluding steroid dienone is 1. The molecule has 0 saturated heterocycles. The zero-order valence-corrected chi connectivity index (χ0v) is 17.6. The maximum atomic E-state index is 11.4. The number of carbonyl (C=O) groups excluding carboxylic acids is 2. The van der Waals surface area contributed by atoms with Gasteiger partial charge in [-0.15, -0.1) is 0 Å². The van der Waals surface area contributed by atoms with E-state index in [1.807, 2.05) is 0 Å². The Morgan fingerprint density at radius 2 is 1.75 bits per heavy atom. The summed E-state index contributed by atoms with van der Waals surface area (Å²) in [5, 5.41) is 4.26. The van der Waals surface area contributed by atoms with Gasteiger partial charge in [-0.1, -0.05) is 30.7 Å². The van der Waals surface area contributed by atoms with Crippen molar-refractivity contribution in [3.8, 4) is 0 Å². The van der Waals surface area contributed by atoms with E-state index in [1.54, 1.807) is 0 Å². The van der Waals surface area contributed by atoms with Crippen LogP contribution in [-0.2, 0) is 19.2 Å². The molecule has 5 nitrogen and oxygen atoms in total. The second kappa shape index (κ2) is 7.00. The quantitative estimate of drug-likeness (QED) is 0.295. The average molecular weight is 388 g/mol. The van der Waals surface area contributed by atoms with E-state index in [9.17, 15) is 9.59 Å². The lowest BCUT2D eigenvalue weighted by molar-refractivity contribution is -0.148. The topological polar surface area (TPSA) is 65.0 Å². The molecule has 0 bridgehead atoms. The Morgan fingerprint density at radius 3 is 2.46 bits per heavy atom. The Bertz CT molecular complexity index is 741. The van der Waals surface area contributed by atoms with Crippen molar-refractivity contribution < 1.29 is 19.2 Å². The molecular weight excluding hydrogens is 354 g/mol. The molecule has 6 unspecified atom stereocenters. The van der Waals surface area contributed by atoms with Gasteiger partial charge in [0.05, 0.1) is 5.71 Å². The van der Waals surface area contributed by atoms with E-state index in [4.69, 9.17) is 9.57 Å². The first-order valence-electron chi connectivity index (χ1n) is 10.9. The number of oxime groups is 1. The van der Waals surface area contributed by atoms with E-state index < -0.39 is 0 Å². The highest BCUT2D eigenvalue weighted by Crippen LogP contribution is 2.64. The van der Waals surface area contributed by atoms with E-state index in [-0.39, 0.29) is 28.9 Å². The minimum Gasteiger partial charge on any atom is -0.462 e. The molecule has 0 heterocycles. The largest absolute Gasteiger partial charge is 0.462 e. The number of hydrogen-bond acceptors (Lipinski definition) is 5. The van der Waals surface area contributed by atoms with E-state index in [2.05, 4.69) is 25.1 Å². The fourth-order valence-electron chi connectivity index (χ4n) is 7.02. The third-order valence-corrected chi connectivity index (χ3v) is 8.42. The molecule has 0 radical (unpaired) electrons. The van der Waals surface area contributed by atoms with Crippen LogP contribution >= 0.6 is 0 Å². The van der Waals surface area contributed by atoms with Crippen molar-refractivity contribution in [2.45, 2.75) is 85.2 Å². The normalized spacial score (nSPS) is 43.4. The summed E-state index contributed by atoms with van der Waals surface area (Å²) >= 11 is 0. The fraction of sp³-hybridized carbons (Fsp3) is 0.783. The second-order valence-electron chi connectivity index (χ2n) is 9.85. The van der Waals surface area contributed by atoms with Gasteiger partial charge in [0.25, 0.3) is 0 Å². The summed E-state index contributed by atoms with van der Waals surface area (Å²) in [6, 6.07) is 0. The van der Waals surface area contributed by atoms with Crippen molar-refractivity contribution >= 4 is 17.7 Å². The Balaban J connectivity index is 1.56. The fourth-order valence-corrected chi connectivity index (χ4v) is 7.02. The Hall–Kier alpha value is -1.65. The van der Waals surface area contributed by atoms with Crippen molar-refractivity contribution in [3.05, 3.63) is 11.6 Å². The van der Waals surface area contributed by atoms with E-state index in [0.29, 0.717) is 17.8 Å². The highest BCUT2D eigenvalue weighted by Gasteiger charge is 2.58. The van der Waals surface area contributed by atoms with Gasteiger partial charge in [0.2, 0.25) is 0 Å². The number of rotatable bonds is 2. The number of ether oxygens (including phenoxy) is 1. The van der Waals surface area contributed by atoms with Gasteiger partial charge in [-0.05, 0) is 68.1 Å². The Labute approximate surface area is 167 Å². The maximum Gasteiger partial charge on any atom is 0.331 e. The van der Waals surface area contributed by atoms with E-state index >= 15 is 0 Å². The molecule has 0 amide bonds. The van der Waals surface area contributed by atoms with Crippen molar-refractivity contribution in [1.29, 1.82) is 0 Å². The molecule has 3 fully saturated rings. The van der Waals surface area contributed by atoms with Gasteiger partial charge in [0, 0.05) is 25.7 Å². The first-order valence-corrected chi connectivity index (χ1v) is 10.9. The first kappa shape index (κ1) is 19.7. The van der Waals surface area contributed by atoms with Crippen LogP contribution in [0.15, 0.2) is 16.8 Å². The molecule has 0 aromatic carbocycles. The Morgan fingerprint density at radius 1 is 1.04 bits per heavy atom. The molecule has 154 valence electrons. The zero-order valence-electron chi connectivity index (χ0n) is 17.6. The van der Waals surface area contributed by atoms with Gasteiger partial charge in [-0.3, -0.25) is 4.79 Å².